The summed E-state index contributed by atoms with van der Waals surface area (Å²) in [4.78, 5) is 0. The average Bonchev–Trinajstić information content (AvgIpc) is 3.16. The van der Waals surface area contributed by atoms with Crippen molar-refractivity contribution in [1.82, 2.24) is 0 Å². The molecule has 10 unspecified atom stereocenters. The van der Waals surface area contributed by atoms with Crippen molar-refractivity contribution < 1.29 is 110 Å². The lowest BCUT2D eigenvalue weighted by molar-refractivity contribution is -0.358. The number of aliphatic hydroxyl groups excluding tert-OH is 15. The predicted molar refractivity (Wildman–Crippen MR) is 170 cm³/mol. The molecule has 0 aromatic carbocycles. The highest BCUT2D eigenvalue weighted by Crippen LogP contribution is 2.42. The Hall–Kier alpha value is -0.880. The molecule has 54 heavy (non-hydrogen) atoms. The molecule has 0 saturated carbocycles. The van der Waals surface area contributed by atoms with Crippen LogP contribution in [0.25, 0.3) is 0 Å². The zero-order chi connectivity index (χ0) is 39.9. The third-order valence-corrected chi connectivity index (χ3v) is 11.6. The summed E-state index contributed by atoms with van der Waals surface area (Å²) in [5.74, 6) is -3.80. The van der Waals surface area contributed by atoms with Crippen LogP contribution >= 0.6 is 0 Å². The molecule has 5 heterocycles. The van der Waals surface area contributed by atoms with E-state index in [0.29, 0.717) is 0 Å². The molecule has 0 spiro atoms. The van der Waals surface area contributed by atoms with Crippen LogP contribution in [0.1, 0.15) is 13.8 Å². The van der Waals surface area contributed by atoms with Gasteiger partial charge in [0.1, 0.15) is 67.1 Å². The fourth-order valence-corrected chi connectivity index (χ4v) is 8.28. The van der Waals surface area contributed by atoms with E-state index in [0.717, 1.165) is 0 Å². The van der Waals surface area contributed by atoms with Crippen LogP contribution in [0.2, 0.25) is 0 Å². The molecular formula is C32H56O22. The summed E-state index contributed by atoms with van der Waals surface area (Å²) >= 11 is 0. The van der Waals surface area contributed by atoms with Gasteiger partial charge in [0.2, 0.25) is 0 Å². The lowest BCUT2D eigenvalue weighted by atomic mass is 9.73. The lowest BCUT2D eigenvalue weighted by Gasteiger charge is -2.54. The van der Waals surface area contributed by atoms with Crippen LogP contribution in [0.5, 0.6) is 0 Å². The average molecular weight is 793 g/mol. The zero-order valence-corrected chi connectivity index (χ0v) is 29.5. The van der Waals surface area contributed by atoms with Crippen molar-refractivity contribution >= 4 is 0 Å². The number of hydrogen-bond acceptors (Lipinski definition) is 22. The Labute approximate surface area is 309 Å². The molecular weight excluding hydrogens is 736 g/mol. The monoisotopic (exact) mass is 792 g/mol. The van der Waals surface area contributed by atoms with Crippen molar-refractivity contribution in [2.24, 2.45) is 17.8 Å². The van der Waals surface area contributed by atoms with Crippen LogP contribution in [0, 0.1) is 17.8 Å². The fraction of sp³-hybridized carbons (Fsp3) is 1.00. The van der Waals surface area contributed by atoms with Gasteiger partial charge in [0.15, 0.2) is 12.6 Å². The van der Waals surface area contributed by atoms with Gasteiger partial charge in [0.25, 0.3) is 0 Å². The first-order chi connectivity index (χ1) is 25.6. The van der Waals surface area contributed by atoms with Crippen molar-refractivity contribution in [3.05, 3.63) is 0 Å². The molecule has 5 saturated heterocycles. The summed E-state index contributed by atoms with van der Waals surface area (Å²) in [6, 6.07) is 0. The van der Waals surface area contributed by atoms with Crippen molar-refractivity contribution in [3.8, 4) is 0 Å². The third-order valence-electron chi connectivity index (χ3n) is 11.6. The normalized spacial score (nSPS) is 54.7. The number of rotatable bonds is 11. The summed E-state index contributed by atoms with van der Waals surface area (Å²) in [5.41, 5.74) is 0. The van der Waals surface area contributed by atoms with Crippen molar-refractivity contribution in [2.45, 2.75) is 149 Å². The topological polar surface area (TPSA) is 368 Å². The molecule has 0 radical (unpaired) electrons. The van der Waals surface area contributed by atoms with Gasteiger partial charge < -0.3 is 110 Å². The maximum atomic E-state index is 11.5. The van der Waals surface area contributed by atoms with Gasteiger partial charge in [0, 0.05) is 17.8 Å². The van der Waals surface area contributed by atoms with Crippen LogP contribution in [-0.2, 0) is 33.2 Å². The van der Waals surface area contributed by atoms with Crippen LogP contribution in [0.3, 0.4) is 0 Å². The molecule has 22 nitrogen and oxygen atoms in total. The minimum Gasteiger partial charge on any atom is -0.394 e. The van der Waals surface area contributed by atoms with Gasteiger partial charge in [-0.2, -0.15) is 0 Å². The van der Waals surface area contributed by atoms with E-state index in [1.165, 1.54) is 13.8 Å². The Morgan fingerprint density at radius 3 is 1.24 bits per heavy atom. The minimum atomic E-state index is -2.01. The predicted octanol–water partition coefficient (Wildman–Crippen LogP) is -9.03. The first-order valence-electron chi connectivity index (χ1n) is 18.0. The molecule has 5 aliphatic heterocycles. The van der Waals surface area contributed by atoms with Gasteiger partial charge in [-0.25, -0.2) is 0 Å². The van der Waals surface area contributed by atoms with Gasteiger partial charge in [-0.3, -0.25) is 0 Å². The molecule has 15 N–H and O–H groups in total. The van der Waals surface area contributed by atoms with Crippen LogP contribution in [0.4, 0.5) is 0 Å². The van der Waals surface area contributed by atoms with E-state index in [4.69, 9.17) is 33.2 Å². The van der Waals surface area contributed by atoms with E-state index < -0.39 is 185 Å². The molecule has 0 aromatic rings. The molecule has 0 aliphatic carbocycles. The second-order valence-corrected chi connectivity index (χ2v) is 14.8. The molecule has 0 amide bonds. The fourth-order valence-electron chi connectivity index (χ4n) is 8.28. The lowest BCUT2D eigenvalue weighted by Crippen LogP contribution is -2.71. The number of hydrogen-bond donors (Lipinski definition) is 15. The Kier molecular flexibility index (Phi) is 15.0. The van der Waals surface area contributed by atoms with Crippen LogP contribution in [0.15, 0.2) is 0 Å². The van der Waals surface area contributed by atoms with Crippen molar-refractivity contribution in [3.63, 3.8) is 0 Å². The summed E-state index contributed by atoms with van der Waals surface area (Å²) in [7, 11) is 0. The molecule has 5 rings (SSSR count). The highest BCUT2D eigenvalue weighted by Gasteiger charge is 2.60. The van der Waals surface area contributed by atoms with E-state index in [-0.39, 0.29) is 0 Å². The largest absolute Gasteiger partial charge is 0.394 e. The van der Waals surface area contributed by atoms with Gasteiger partial charge in [0.05, 0.1) is 88.0 Å². The Morgan fingerprint density at radius 1 is 0.370 bits per heavy atom. The molecule has 22 heteroatoms. The maximum absolute atomic E-state index is 11.5. The third kappa shape index (κ3) is 8.20. The Bertz CT molecular complexity index is 1160. The molecule has 5 aliphatic rings. The van der Waals surface area contributed by atoms with Gasteiger partial charge >= 0.3 is 0 Å². The number of ether oxygens (including phenoxy) is 7. The van der Waals surface area contributed by atoms with Gasteiger partial charge in [-0.15, -0.1) is 0 Å². The quantitative estimate of drug-likeness (QED) is 0.0923. The highest BCUT2D eigenvalue weighted by atomic mass is 16.7. The van der Waals surface area contributed by atoms with Crippen molar-refractivity contribution in [2.75, 3.05) is 33.0 Å². The molecule has 0 aromatic heterocycles. The summed E-state index contributed by atoms with van der Waals surface area (Å²) in [6.45, 7) is -0.938. The van der Waals surface area contributed by atoms with E-state index in [1.54, 1.807) is 0 Å². The van der Waals surface area contributed by atoms with Crippen LogP contribution < -0.4 is 0 Å². The molecule has 316 valence electrons. The highest BCUT2D eigenvalue weighted by molar-refractivity contribution is 5.07. The van der Waals surface area contributed by atoms with Crippen LogP contribution in [-0.4, -0.2) is 244 Å². The first kappa shape index (κ1) is 44.2. The van der Waals surface area contributed by atoms with Gasteiger partial charge in [-0.05, 0) is 6.92 Å². The van der Waals surface area contributed by atoms with E-state index >= 15 is 0 Å². The second kappa shape index (κ2) is 18.4. The summed E-state index contributed by atoms with van der Waals surface area (Å²) < 4.78 is 39.8. The van der Waals surface area contributed by atoms with E-state index in [1.807, 2.05) is 0 Å². The van der Waals surface area contributed by atoms with Crippen molar-refractivity contribution in [1.29, 1.82) is 0 Å². The van der Waals surface area contributed by atoms with E-state index in [2.05, 4.69) is 0 Å². The smallest absolute Gasteiger partial charge is 0.187 e. The Morgan fingerprint density at radius 2 is 0.741 bits per heavy atom. The van der Waals surface area contributed by atoms with E-state index in [9.17, 15) is 76.6 Å². The van der Waals surface area contributed by atoms with Gasteiger partial charge in [-0.1, -0.05) is 6.92 Å². The minimum absolute atomic E-state index is 0.556. The first-order valence-corrected chi connectivity index (χ1v) is 18.0. The standard InChI is InChI=1S/C32H56O22/c1-8-10(3-33)51-31(25(46)17(8)38)54-28-14(7-37)50-30(24(45)23(28)44)15-11(4-34)49-29(22(43)19(15)40)16-12(5-35)52-32(26(47)20(16)41)53-27-13(6-36)48-9(2)18(39)21(27)42/h8-47H,3-7H2,1-2H3/t8-,9+,10?,11?,12?,13?,14?,15+,16+,17+,18?,19+,20+,21-,22?,23-,24?,25?,26?,27-,28-,29+,30+,31-,32-/m0/s1. The summed E-state index contributed by atoms with van der Waals surface area (Å²) in [6.07, 6.45) is -35.5. The molecule has 0 bridgehead atoms. The summed E-state index contributed by atoms with van der Waals surface area (Å²) in [5, 5.41) is 160. The second-order valence-electron chi connectivity index (χ2n) is 14.8. The maximum Gasteiger partial charge on any atom is 0.187 e. The molecule has 25 atom stereocenters. The SMILES string of the molecule is C[C@H]1OC(CO)[C@H](O[C@@H]2OC(CO)[C@@H]([C@H]3OC(CO)[C@@H]([C@H]4OC(CO)[C@H](O[C@@H]5OC(CO)[C@H](C)[C@@H](O)C5O)[C@@H](O)C4O)[C@@H](O)C3O)[C@@H](O)C2O)[C@@H](O)C1O. The zero-order valence-electron chi connectivity index (χ0n) is 29.5. The number of aliphatic hydroxyl groups is 15. The Balaban J connectivity index is 1.31. The molecule has 5 fully saturated rings.